The first kappa shape index (κ1) is 14.9. The minimum atomic E-state index is 0.0231. The summed E-state index contributed by atoms with van der Waals surface area (Å²) in [6.07, 6.45) is 3.16. The summed E-state index contributed by atoms with van der Waals surface area (Å²) in [5.41, 5.74) is 0.0231. The molecule has 0 bridgehead atoms. The van der Waals surface area contributed by atoms with Crippen LogP contribution >= 0.6 is 0 Å². The molecule has 0 aromatic heterocycles. The normalized spacial score (nSPS) is 23.8. The Morgan fingerprint density at radius 2 is 2.12 bits per heavy atom. The van der Waals surface area contributed by atoms with E-state index >= 15 is 0 Å². The fraction of sp³-hybridized carbons (Fsp3) is 1.00. The zero-order valence-corrected chi connectivity index (χ0v) is 11.5. The molecule has 0 radical (unpaired) electrons. The van der Waals surface area contributed by atoms with E-state index in [9.17, 15) is 0 Å². The molecule has 102 valence electrons. The van der Waals surface area contributed by atoms with Gasteiger partial charge in [-0.3, -0.25) is 0 Å². The van der Waals surface area contributed by atoms with Crippen LogP contribution in [-0.4, -0.2) is 51.7 Å². The van der Waals surface area contributed by atoms with Crippen molar-refractivity contribution >= 4 is 0 Å². The molecule has 1 fully saturated rings. The zero-order chi connectivity index (χ0) is 12.6. The Labute approximate surface area is 105 Å². The summed E-state index contributed by atoms with van der Waals surface area (Å²) in [4.78, 5) is 0. The van der Waals surface area contributed by atoms with E-state index in [1.54, 1.807) is 7.11 Å². The molecule has 1 atom stereocenters. The average Bonchev–Trinajstić information content (AvgIpc) is 2.27. The van der Waals surface area contributed by atoms with Crippen LogP contribution in [0.15, 0.2) is 0 Å². The van der Waals surface area contributed by atoms with E-state index in [0.29, 0.717) is 6.04 Å². The molecule has 1 N–H and O–H groups in total. The summed E-state index contributed by atoms with van der Waals surface area (Å²) >= 11 is 0. The summed E-state index contributed by atoms with van der Waals surface area (Å²) < 4.78 is 16.1. The quantitative estimate of drug-likeness (QED) is 0.659. The van der Waals surface area contributed by atoms with Gasteiger partial charge in [0.2, 0.25) is 0 Å². The van der Waals surface area contributed by atoms with Gasteiger partial charge < -0.3 is 19.5 Å². The smallest absolute Gasteiger partial charge is 0.0641 e. The van der Waals surface area contributed by atoms with Crippen LogP contribution in [-0.2, 0) is 14.2 Å². The van der Waals surface area contributed by atoms with Gasteiger partial charge in [0.05, 0.1) is 12.2 Å². The lowest BCUT2D eigenvalue weighted by Gasteiger charge is -2.36. The first-order valence-corrected chi connectivity index (χ1v) is 6.58. The van der Waals surface area contributed by atoms with Crippen molar-refractivity contribution in [1.82, 2.24) is 5.32 Å². The summed E-state index contributed by atoms with van der Waals surface area (Å²) in [5.74, 6) is 0. The lowest BCUT2D eigenvalue weighted by atomic mass is 9.94. The molecular weight excluding hydrogens is 218 g/mol. The summed E-state index contributed by atoms with van der Waals surface area (Å²) in [7, 11) is 1.72. The van der Waals surface area contributed by atoms with Gasteiger partial charge in [-0.1, -0.05) is 0 Å². The number of hydrogen-bond donors (Lipinski definition) is 1. The van der Waals surface area contributed by atoms with E-state index in [1.165, 1.54) is 0 Å². The maximum absolute atomic E-state index is 5.68. The van der Waals surface area contributed by atoms with Gasteiger partial charge in [0.15, 0.2) is 0 Å². The average molecular weight is 245 g/mol. The Morgan fingerprint density at radius 1 is 1.29 bits per heavy atom. The van der Waals surface area contributed by atoms with Crippen molar-refractivity contribution in [3.05, 3.63) is 0 Å². The molecule has 4 heteroatoms. The Kier molecular flexibility index (Phi) is 7.04. The molecule has 0 aromatic rings. The molecule has 17 heavy (non-hydrogen) atoms. The molecule has 0 aliphatic carbocycles. The first-order valence-electron chi connectivity index (χ1n) is 6.58. The second-order valence-corrected chi connectivity index (χ2v) is 5.21. The van der Waals surface area contributed by atoms with Gasteiger partial charge in [-0.05, 0) is 33.1 Å². The number of ether oxygens (including phenoxy) is 3. The third-order valence-corrected chi connectivity index (χ3v) is 3.01. The van der Waals surface area contributed by atoms with Gasteiger partial charge >= 0.3 is 0 Å². The fourth-order valence-corrected chi connectivity index (χ4v) is 2.15. The van der Waals surface area contributed by atoms with Crippen LogP contribution in [0.2, 0.25) is 0 Å². The summed E-state index contributed by atoms with van der Waals surface area (Å²) in [6.45, 7) is 8.44. The van der Waals surface area contributed by atoms with E-state index < -0.39 is 0 Å². The standard InChI is InChI=1S/C13H27NO3/c1-13(2)11-12(5-9-17-13)14-6-10-16-8-4-7-15-3/h12,14H,4-11H2,1-3H3. The van der Waals surface area contributed by atoms with Gasteiger partial charge in [0.1, 0.15) is 0 Å². The van der Waals surface area contributed by atoms with Gasteiger partial charge in [0.25, 0.3) is 0 Å². The van der Waals surface area contributed by atoms with Crippen molar-refractivity contribution in [3.63, 3.8) is 0 Å². The SMILES string of the molecule is COCCCOCCNC1CCOC(C)(C)C1. The van der Waals surface area contributed by atoms with Crippen LogP contribution in [0.25, 0.3) is 0 Å². The topological polar surface area (TPSA) is 39.7 Å². The summed E-state index contributed by atoms with van der Waals surface area (Å²) in [6, 6.07) is 0.571. The maximum atomic E-state index is 5.68. The number of methoxy groups -OCH3 is 1. The van der Waals surface area contributed by atoms with E-state index in [1.807, 2.05) is 0 Å². The molecule has 0 aromatic carbocycles. The van der Waals surface area contributed by atoms with Gasteiger partial charge in [-0.15, -0.1) is 0 Å². The highest BCUT2D eigenvalue weighted by Gasteiger charge is 2.28. The van der Waals surface area contributed by atoms with Crippen LogP contribution in [0.4, 0.5) is 0 Å². The van der Waals surface area contributed by atoms with Crippen LogP contribution in [0.5, 0.6) is 0 Å². The molecule has 1 aliphatic rings. The number of nitrogens with one attached hydrogen (secondary N) is 1. The molecule has 1 heterocycles. The van der Waals surface area contributed by atoms with Crippen molar-refractivity contribution in [1.29, 1.82) is 0 Å². The van der Waals surface area contributed by atoms with Gasteiger partial charge in [-0.25, -0.2) is 0 Å². The number of hydrogen-bond acceptors (Lipinski definition) is 4. The highest BCUT2D eigenvalue weighted by molar-refractivity contribution is 4.82. The second kappa shape index (κ2) is 8.03. The molecule has 0 spiro atoms. The first-order chi connectivity index (χ1) is 8.14. The number of rotatable bonds is 8. The Hall–Kier alpha value is -0.160. The van der Waals surface area contributed by atoms with Crippen LogP contribution in [0.1, 0.15) is 33.1 Å². The highest BCUT2D eigenvalue weighted by atomic mass is 16.5. The molecule has 1 unspecified atom stereocenters. The summed E-state index contributed by atoms with van der Waals surface area (Å²) in [5, 5.41) is 3.53. The van der Waals surface area contributed by atoms with Crippen LogP contribution in [0, 0.1) is 0 Å². The van der Waals surface area contributed by atoms with Crippen LogP contribution in [0.3, 0.4) is 0 Å². The van der Waals surface area contributed by atoms with Gasteiger partial charge in [-0.2, -0.15) is 0 Å². The monoisotopic (exact) mass is 245 g/mol. The predicted molar refractivity (Wildman–Crippen MR) is 68.4 cm³/mol. The second-order valence-electron chi connectivity index (χ2n) is 5.21. The predicted octanol–water partition coefficient (Wildman–Crippen LogP) is 1.59. The van der Waals surface area contributed by atoms with Crippen LogP contribution < -0.4 is 5.32 Å². The fourth-order valence-electron chi connectivity index (χ4n) is 2.15. The highest BCUT2D eigenvalue weighted by Crippen LogP contribution is 2.23. The zero-order valence-electron chi connectivity index (χ0n) is 11.5. The molecular formula is C13H27NO3. The Morgan fingerprint density at radius 3 is 2.82 bits per heavy atom. The molecule has 0 amide bonds. The molecule has 1 aliphatic heterocycles. The van der Waals surface area contributed by atoms with E-state index in [0.717, 1.165) is 52.2 Å². The van der Waals surface area contributed by atoms with E-state index in [4.69, 9.17) is 14.2 Å². The Bertz CT molecular complexity index is 197. The van der Waals surface area contributed by atoms with Crippen molar-refractivity contribution in [2.24, 2.45) is 0 Å². The Balaban J connectivity index is 1.95. The minimum Gasteiger partial charge on any atom is -0.385 e. The molecule has 0 saturated carbocycles. The largest absolute Gasteiger partial charge is 0.385 e. The lowest BCUT2D eigenvalue weighted by Crippen LogP contribution is -2.44. The lowest BCUT2D eigenvalue weighted by molar-refractivity contribution is -0.0634. The molecule has 4 nitrogen and oxygen atoms in total. The molecule has 1 saturated heterocycles. The van der Waals surface area contributed by atoms with Crippen molar-refractivity contribution < 1.29 is 14.2 Å². The maximum Gasteiger partial charge on any atom is 0.0641 e. The van der Waals surface area contributed by atoms with Gasteiger partial charge in [0, 0.05) is 39.5 Å². The van der Waals surface area contributed by atoms with Crippen molar-refractivity contribution in [2.75, 3.05) is 40.1 Å². The third kappa shape index (κ3) is 6.99. The molecule has 1 rings (SSSR count). The minimum absolute atomic E-state index is 0.0231. The van der Waals surface area contributed by atoms with E-state index in [-0.39, 0.29) is 5.60 Å². The van der Waals surface area contributed by atoms with E-state index in [2.05, 4.69) is 19.2 Å². The van der Waals surface area contributed by atoms with Crippen molar-refractivity contribution in [3.8, 4) is 0 Å². The third-order valence-electron chi connectivity index (χ3n) is 3.01. The van der Waals surface area contributed by atoms with Crippen molar-refractivity contribution in [2.45, 2.75) is 44.8 Å².